The maximum Gasteiger partial charge on any atom is 0.308 e. The number of rotatable bonds is 5. The highest BCUT2D eigenvalue weighted by molar-refractivity contribution is 8.04. The second kappa shape index (κ2) is 7.34. The van der Waals surface area contributed by atoms with Crippen molar-refractivity contribution in [2.24, 2.45) is 0 Å². The molecule has 0 radical (unpaired) electrons. The first-order chi connectivity index (χ1) is 8.40. The summed E-state index contributed by atoms with van der Waals surface area (Å²) >= 11 is 18.1. The van der Waals surface area contributed by atoms with Crippen molar-refractivity contribution in [2.75, 3.05) is 13.7 Å². The van der Waals surface area contributed by atoms with Gasteiger partial charge in [0, 0.05) is 4.90 Å². The molecule has 0 aliphatic rings. The van der Waals surface area contributed by atoms with Crippen molar-refractivity contribution in [1.82, 2.24) is 0 Å². The van der Waals surface area contributed by atoms with Crippen LogP contribution in [-0.4, -0.2) is 22.8 Å². The van der Waals surface area contributed by atoms with Gasteiger partial charge in [-0.25, -0.2) is 0 Å². The summed E-state index contributed by atoms with van der Waals surface area (Å²) in [5, 5.41) is 0. The van der Waals surface area contributed by atoms with E-state index in [1.807, 2.05) is 0 Å². The predicted molar refractivity (Wildman–Crippen MR) is 74.7 cm³/mol. The third kappa shape index (κ3) is 6.59. The molecule has 0 amide bonds. The number of esters is 1. The highest BCUT2D eigenvalue weighted by atomic mass is 35.6. The molecular formula is C11H11Cl3O3S. The Morgan fingerprint density at radius 2 is 1.89 bits per heavy atom. The molecule has 0 spiro atoms. The lowest BCUT2D eigenvalue weighted by molar-refractivity contribution is -0.141. The predicted octanol–water partition coefficient (Wildman–Crippen LogP) is 4.05. The Balaban J connectivity index is 2.43. The summed E-state index contributed by atoms with van der Waals surface area (Å²) < 4.78 is 8.47. The average molecular weight is 330 g/mol. The van der Waals surface area contributed by atoms with Gasteiger partial charge in [0.05, 0.1) is 20.1 Å². The van der Waals surface area contributed by atoms with E-state index in [0.29, 0.717) is 5.75 Å². The molecule has 0 saturated heterocycles. The summed E-state index contributed by atoms with van der Waals surface area (Å²) in [4.78, 5) is 11.7. The Labute approximate surface area is 125 Å². The number of thioether (sulfide) groups is 1. The number of alkyl halides is 3. The molecule has 0 aliphatic heterocycles. The molecule has 0 saturated carbocycles. The molecule has 0 heterocycles. The molecule has 100 valence electrons. The average Bonchev–Trinajstić information content (AvgIpc) is 2.29. The zero-order valence-corrected chi connectivity index (χ0v) is 12.6. The second-order valence-electron chi connectivity index (χ2n) is 3.19. The van der Waals surface area contributed by atoms with Gasteiger partial charge >= 0.3 is 5.97 Å². The minimum absolute atomic E-state index is 0.209. The Morgan fingerprint density at radius 1 is 1.28 bits per heavy atom. The fourth-order valence-corrected chi connectivity index (χ4v) is 2.43. The number of benzene rings is 1. The van der Waals surface area contributed by atoms with Crippen LogP contribution < -0.4 is 4.74 Å². The van der Waals surface area contributed by atoms with Crippen LogP contribution in [0.15, 0.2) is 29.2 Å². The first-order valence-electron chi connectivity index (χ1n) is 4.96. The standard InChI is InChI=1S/C11H11Cl3O3S/c1-16-10(15)6-7-17-8-2-4-9(5-3-8)18-11(12,13)14/h2-5H,6-7H2,1H3. The molecule has 3 nitrogen and oxygen atoms in total. The van der Waals surface area contributed by atoms with Gasteiger partial charge in [0.2, 0.25) is 3.12 Å². The van der Waals surface area contributed by atoms with Crippen LogP contribution in [0.25, 0.3) is 0 Å². The van der Waals surface area contributed by atoms with Crippen LogP contribution in [0.4, 0.5) is 0 Å². The number of ether oxygens (including phenoxy) is 2. The summed E-state index contributed by atoms with van der Waals surface area (Å²) in [6.45, 7) is 0.267. The van der Waals surface area contributed by atoms with Gasteiger partial charge in [-0.15, -0.1) is 0 Å². The molecule has 0 atom stereocenters. The van der Waals surface area contributed by atoms with Gasteiger partial charge in [-0.3, -0.25) is 4.79 Å². The third-order valence-corrected chi connectivity index (χ3v) is 3.29. The Bertz CT molecular complexity index is 390. The third-order valence-electron chi connectivity index (χ3n) is 1.86. The van der Waals surface area contributed by atoms with Crippen LogP contribution in [-0.2, 0) is 9.53 Å². The van der Waals surface area contributed by atoms with Crippen molar-refractivity contribution in [1.29, 1.82) is 0 Å². The molecule has 0 bridgehead atoms. The van der Waals surface area contributed by atoms with Gasteiger partial charge in [-0.2, -0.15) is 0 Å². The van der Waals surface area contributed by atoms with Crippen LogP contribution in [0.2, 0.25) is 0 Å². The molecule has 0 aliphatic carbocycles. The van der Waals surface area contributed by atoms with Gasteiger partial charge < -0.3 is 9.47 Å². The van der Waals surface area contributed by atoms with Crippen LogP contribution in [0.3, 0.4) is 0 Å². The minimum Gasteiger partial charge on any atom is -0.493 e. The van der Waals surface area contributed by atoms with E-state index in [-0.39, 0.29) is 19.0 Å². The molecule has 18 heavy (non-hydrogen) atoms. The summed E-state index contributed by atoms with van der Waals surface area (Å²) in [5.41, 5.74) is 0. The highest BCUT2D eigenvalue weighted by Gasteiger charge is 2.20. The summed E-state index contributed by atoms with van der Waals surface area (Å²) in [6.07, 6.45) is 0.209. The molecular weight excluding hydrogens is 319 g/mol. The van der Waals surface area contributed by atoms with Crippen molar-refractivity contribution < 1.29 is 14.3 Å². The number of carbonyl (C=O) groups is 1. The Hall–Kier alpha value is -0.290. The molecule has 0 N–H and O–H groups in total. The minimum atomic E-state index is -1.38. The van der Waals surface area contributed by atoms with Crippen LogP contribution in [0.1, 0.15) is 6.42 Å². The van der Waals surface area contributed by atoms with E-state index < -0.39 is 3.12 Å². The fourth-order valence-electron chi connectivity index (χ4n) is 1.09. The molecule has 0 fully saturated rings. The molecule has 0 aromatic heterocycles. The molecule has 7 heteroatoms. The topological polar surface area (TPSA) is 35.5 Å². The van der Waals surface area contributed by atoms with Gasteiger partial charge in [0.1, 0.15) is 5.75 Å². The number of hydrogen-bond donors (Lipinski definition) is 0. The van der Waals surface area contributed by atoms with Crippen molar-refractivity contribution in [2.45, 2.75) is 14.4 Å². The van der Waals surface area contributed by atoms with Crippen molar-refractivity contribution in [3.8, 4) is 5.75 Å². The van der Waals surface area contributed by atoms with Crippen molar-refractivity contribution >= 4 is 52.5 Å². The second-order valence-corrected chi connectivity index (χ2v) is 7.44. The monoisotopic (exact) mass is 328 g/mol. The van der Waals surface area contributed by atoms with E-state index in [1.54, 1.807) is 24.3 Å². The number of carbonyl (C=O) groups excluding carboxylic acids is 1. The summed E-state index contributed by atoms with van der Waals surface area (Å²) in [6, 6.07) is 7.05. The van der Waals surface area contributed by atoms with Crippen molar-refractivity contribution in [3.63, 3.8) is 0 Å². The van der Waals surface area contributed by atoms with Crippen molar-refractivity contribution in [3.05, 3.63) is 24.3 Å². The van der Waals surface area contributed by atoms with Crippen LogP contribution in [0.5, 0.6) is 5.75 Å². The quantitative estimate of drug-likeness (QED) is 0.464. The largest absolute Gasteiger partial charge is 0.493 e. The molecule has 0 unspecified atom stereocenters. The maximum absolute atomic E-state index is 10.9. The van der Waals surface area contributed by atoms with Crippen LogP contribution >= 0.6 is 46.6 Å². The fraction of sp³-hybridized carbons (Fsp3) is 0.364. The SMILES string of the molecule is COC(=O)CCOc1ccc(SC(Cl)(Cl)Cl)cc1. The summed E-state index contributed by atoms with van der Waals surface area (Å²) in [7, 11) is 1.34. The van der Waals surface area contributed by atoms with E-state index in [4.69, 9.17) is 39.5 Å². The van der Waals surface area contributed by atoms with Gasteiger partial charge in [0.25, 0.3) is 0 Å². The molecule has 1 aromatic carbocycles. The number of methoxy groups -OCH3 is 1. The van der Waals surface area contributed by atoms with E-state index in [2.05, 4.69) is 4.74 Å². The Morgan fingerprint density at radius 3 is 2.39 bits per heavy atom. The summed E-state index contributed by atoms with van der Waals surface area (Å²) in [5.74, 6) is 0.339. The van der Waals surface area contributed by atoms with Crippen LogP contribution in [0, 0.1) is 0 Å². The van der Waals surface area contributed by atoms with Gasteiger partial charge in [-0.05, 0) is 24.3 Å². The first-order valence-corrected chi connectivity index (χ1v) is 6.91. The molecule has 1 aromatic rings. The highest BCUT2D eigenvalue weighted by Crippen LogP contribution is 2.43. The normalized spacial score (nSPS) is 11.1. The van der Waals surface area contributed by atoms with Gasteiger partial charge in [-0.1, -0.05) is 46.6 Å². The van der Waals surface area contributed by atoms with E-state index >= 15 is 0 Å². The lowest BCUT2D eigenvalue weighted by Gasteiger charge is -2.10. The Kier molecular flexibility index (Phi) is 6.43. The zero-order chi connectivity index (χ0) is 13.6. The lowest BCUT2D eigenvalue weighted by Crippen LogP contribution is -2.07. The maximum atomic E-state index is 10.9. The number of halogens is 3. The van der Waals surface area contributed by atoms with E-state index in [1.165, 1.54) is 7.11 Å². The smallest absolute Gasteiger partial charge is 0.308 e. The van der Waals surface area contributed by atoms with E-state index in [9.17, 15) is 4.79 Å². The molecule has 1 rings (SSSR count). The number of hydrogen-bond acceptors (Lipinski definition) is 4. The van der Waals surface area contributed by atoms with Gasteiger partial charge in [0.15, 0.2) is 0 Å². The zero-order valence-electron chi connectivity index (χ0n) is 9.49. The lowest BCUT2D eigenvalue weighted by atomic mass is 10.3. The van der Waals surface area contributed by atoms with E-state index in [0.717, 1.165) is 16.7 Å². The first kappa shape index (κ1) is 15.8.